The topological polar surface area (TPSA) is 91.7 Å². The molecule has 0 saturated carbocycles. The third kappa shape index (κ3) is 4.45. The lowest BCUT2D eigenvalue weighted by Crippen LogP contribution is -2.54. The van der Waals surface area contributed by atoms with Gasteiger partial charge in [0.1, 0.15) is 11.6 Å². The lowest BCUT2D eigenvalue weighted by atomic mass is 10.1. The minimum absolute atomic E-state index is 0.00748. The van der Waals surface area contributed by atoms with Gasteiger partial charge in [0.05, 0.1) is 12.8 Å². The maximum atomic E-state index is 13.0. The summed E-state index contributed by atoms with van der Waals surface area (Å²) in [6, 6.07) is 13.8. The first-order chi connectivity index (χ1) is 13.9. The Bertz CT molecular complexity index is 1080. The Morgan fingerprint density at radius 3 is 2.72 bits per heavy atom. The second kappa shape index (κ2) is 8.86. The van der Waals surface area contributed by atoms with E-state index < -0.39 is 11.8 Å². The molecule has 0 spiro atoms. The number of hydrogen-bond acceptors (Lipinski definition) is 6. The van der Waals surface area contributed by atoms with E-state index in [0.29, 0.717) is 22.7 Å². The number of rotatable bonds is 5. The number of nitrogens with zero attached hydrogens (tertiary/aromatic N) is 2. The first kappa shape index (κ1) is 20.5. The van der Waals surface area contributed by atoms with Crippen molar-refractivity contribution in [1.82, 2.24) is 5.32 Å². The Morgan fingerprint density at radius 2 is 2.03 bits per heavy atom. The minimum Gasteiger partial charge on any atom is -0.493 e. The van der Waals surface area contributed by atoms with E-state index in [2.05, 4.69) is 21.2 Å². The van der Waals surface area contributed by atoms with Crippen LogP contribution in [-0.2, 0) is 9.59 Å². The summed E-state index contributed by atoms with van der Waals surface area (Å²) in [5.74, 6) is -0.374. The number of nitriles is 1. The third-order valence-corrected chi connectivity index (χ3v) is 4.74. The summed E-state index contributed by atoms with van der Waals surface area (Å²) in [5, 5.41) is 11.2. The second-order valence-electron chi connectivity index (χ2n) is 5.79. The fourth-order valence-electron chi connectivity index (χ4n) is 2.68. The van der Waals surface area contributed by atoms with Gasteiger partial charge < -0.3 is 9.47 Å². The molecule has 29 heavy (non-hydrogen) atoms. The fourth-order valence-corrected chi connectivity index (χ4v) is 3.35. The molecule has 1 fully saturated rings. The van der Waals surface area contributed by atoms with Crippen LogP contribution in [0.5, 0.6) is 11.5 Å². The Labute approximate surface area is 180 Å². The van der Waals surface area contributed by atoms with Crippen LogP contribution in [0, 0.1) is 11.3 Å². The van der Waals surface area contributed by atoms with Crippen LogP contribution in [0.4, 0.5) is 5.69 Å². The molecule has 2 aromatic carbocycles. The van der Waals surface area contributed by atoms with Gasteiger partial charge in [-0.15, -0.1) is 0 Å². The molecule has 9 heteroatoms. The lowest BCUT2D eigenvalue weighted by Gasteiger charge is -2.29. The second-order valence-corrected chi connectivity index (χ2v) is 7.10. The average Bonchev–Trinajstić information content (AvgIpc) is 2.69. The highest BCUT2D eigenvalue weighted by molar-refractivity contribution is 9.10. The summed E-state index contributed by atoms with van der Waals surface area (Å²) >= 11 is 8.55. The van der Waals surface area contributed by atoms with E-state index >= 15 is 0 Å². The summed E-state index contributed by atoms with van der Waals surface area (Å²) in [7, 11) is 1.46. The lowest BCUT2D eigenvalue weighted by molar-refractivity contribution is -0.122. The maximum absolute atomic E-state index is 13.0. The number of halogens is 1. The summed E-state index contributed by atoms with van der Waals surface area (Å²) in [4.78, 5) is 26.7. The summed E-state index contributed by atoms with van der Waals surface area (Å²) in [6.07, 6.45) is 1.45. The number of benzene rings is 2. The Hall–Kier alpha value is -3.22. The molecule has 0 unspecified atom stereocenters. The number of amides is 2. The molecule has 146 valence electrons. The van der Waals surface area contributed by atoms with Crippen molar-refractivity contribution in [1.29, 1.82) is 5.26 Å². The van der Waals surface area contributed by atoms with Crippen molar-refractivity contribution in [2.75, 3.05) is 18.6 Å². The molecule has 1 N–H and O–H groups in total. The number of methoxy groups -OCH3 is 1. The fraction of sp³-hybridized carbons (Fsp3) is 0.100. The summed E-state index contributed by atoms with van der Waals surface area (Å²) in [5.41, 5.74) is 0.996. The van der Waals surface area contributed by atoms with E-state index in [-0.39, 0.29) is 17.3 Å². The molecule has 1 aliphatic rings. The molecule has 3 rings (SSSR count). The molecule has 2 aromatic rings. The molecule has 1 saturated heterocycles. The number of hydrogen-bond donors (Lipinski definition) is 1. The van der Waals surface area contributed by atoms with Gasteiger partial charge in [-0.3, -0.25) is 19.8 Å². The molecule has 1 heterocycles. The predicted molar refractivity (Wildman–Crippen MR) is 114 cm³/mol. The van der Waals surface area contributed by atoms with Crippen molar-refractivity contribution < 1.29 is 19.1 Å². The molecule has 0 atom stereocenters. The van der Waals surface area contributed by atoms with Gasteiger partial charge in [0.25, 0.3) is 11.8 Å². The molecule has 0 aliphatic carbocycles. The predicted octanol–water partition coefficient (Wildman–Crippen LogP) is 3.19. The van der Waals surface area contributed by atoms with Crippen LogP contribution in [0.1, 0.15) is 5.56 Å². The summed E-state index contributed by atoms with van der Waals surface area (Å²) < 4.78 is 11.3. The standard InChI is InChI=1S/C20H14BrN3O4S/c1-27-17-10-12(5-6-16(17)28-8-7-22)9-15-18(25)23-20(29)24(19(15)26)14-4-2-3-13(21)11-14/h2-6,9-11H,8H2,1H3,(H,23,25,29). The van der Waals surface area contributed by atoms with E-state index in [0.717, 1.165) is 4.47 Å². The molecule has 0 radical (unpaired) electrons. The van der Waals surface area contributed by atoms with Gasteiger partial charge in [-0.25, -0.2) is 0 Å². The Morgan fingerprint density at radius 1 is 1.24 bits per heavy atom. The van der Waals surface area contributed by atoms with Crippen LogP contribution in [0.15, 0.2) is 52.5 Å². The van der Waals surface area contributed by atoms with Gasteiger partial charge in [0.2, 0.25) is 0 Å². The monoisotopic (exact) mass is 471 g/mol. The van der Waals surface area contributed by atoms with E-state index in [1.807, 2.05) is 12.1 Å². The van der Waals surface area contributed by atoms with E-state index in [9.17, 15) is 9.59 Å². The van der Waals surface area contributed by atoms with Gasteiger partial charge in [-0.1, -0.05) is 28.1 Å². The Kier molecular flexibility index (Phi) is 6.26. The van der Waals surface area contributed by atoms with Crippen LogP contribution >= 0.6 is 28.1 Å². The minimum atomic E-state index is -0.588. The van der Waals surface area contributed by atoms with Crippen LogP contribution < -0.4 is 19.7 Å². The number of anilines is 1. The molecule has 7 nitrogen and oxygen atoms in total. The SMILES string of the molecule is COc1cc(C=C2C(=O)NC(=S)N(c3cccc(Br)c3)C2=O)ccc1OCC#N. The largest absolute Gasteiger partial charge is 0.493 e. The number of carbonyl (C=O) groups excluding carboxylic acids is 2. The normalized spacial score (nSPS) is 15.1. The average molecular weight is 472 g/mol. The molecular formula is C20H14BrN3O4S. The van der Waals surface area contributed by atoms with Gasteiger partial charge in [0, 0.05) is 4.47 Å². The number of ether oxygens (including phenoxy) is 2. The number of thiocarbonyl (C=S) groups is 1. The first-order valence-corrected chi connectivity index (χ1v) is 9.49. The first-order valence-electron chi connectivity index (χ1n) is 8.29. The Balaban J connectivity index is 1.97. The van der Waals surface area contributed by atoms with Gasteiger partial charge in [-0.2, -0.15) is 5.26 Å². The van der Waals surface area contributed by atoms with Crippen molar-refractivity contribution in [3.05, 3.63) is 58.1 Å². The molecular weight excluding hydrogens is 458 g/mol. The zero-order valence-corrected chi connectivity index (χ0v) is 17.5. The highest BCUT2D eigenvalue weighted by Crippen LogP contribution is 2.30. The molecule has 1 aliphatic heterocycles. The van der Waals surface area contributed by atoms with Crippen LogP contribution in [0.25, 0.3) is 6.08 Å². The van der Waals surface area contributed by atoms with Gasteiger partial charge in [-0.05, 0) is 54.2 Å². The van der Waals surface area contributed by atoms with Crippen molar-refractivity contribution in [3.63, 3.8) is 0 Å². The molecule has 0 bridgehead atoms. The highest BCUT2D eigenvalue weighted by Gasteiger charge is 2.34. The van der Waals surface area contributed by atoms with Crippen LogP contribution in [0.3, 0.4) is 0 Å². The van der Waals surface area contributed by atoms with Crippen molar-refractivity contribution in [2.24, 2.45) is 0 Å². The van der Waals surface area contributed by atoms with Crippen molar-refractivity contribution >= 4 is 56.8 Å². The van der Waals surface area contributed by atoms with Crippen LogP contribution in [0.2, 0.25) is 0 Å². The quantitative estimate of drug-likeness (QED) is 0.409. The van der Waals surface area contributed by atoms with E-state index in [1.165, 1.54) is 18.1 Å². The highest BCUT2D eigenvalue weighted by atomic mass is 79.9. The van der Waals surface area contributed by atoms with Gasteiger partial charge in [0.15, 0.2) is 23.2 Å². The zero-order valence-electron chi connectivity index (χ0n) is 15.1. The molecule has 0 aromatic heterocycles. The molecule has 2 amide bonds. The van der Waals surface area contributed by atoms with Gasteiger partial charge >= 0.3 is 0 Å². The summed E-state index contributed by atoms with van der Waals surface area (Å²) in [6.45, 7) is -0.128. The third-order valence-electron chi connectivity index (χ3n) is 3.96. The maximum Gasteiger partial charge on any atom is 0.270 e. The van der Waals surface area contributed by atoms with Crippen molar-refractivity contribution in [3.8, 4) is 17.6 Å². The smallest absolute Gasteiger partial charge is 0.270 e. The number of nitrogens with one attached hydrogen (secondary N) is 1. The number of carbonyl (C=O) groups is 2. The zero-order chi connectivity index (χ0) is 21.0. The van der Waals surface area contributed by atoms with Crippen LogP contribution in [-0.4, -0.2) is 30.6 Å². The van der Waals surface area contributed by atoms with Crippen molar-refractivity contribution in [2.45, 2.75) is 0 Å². The van der Waals surface area contributed by atoms with E-state index in [1.54, 1.807) is 36.4 Å². The van der Waals surface area contributed by atoms with E-state index in [4.69, 9.17) is 27.0 Å².